The van der Waals surface area contributed by atoms with Crippen molar-refractivity contribution in [3.63, 3.8) is 0 Å². The van der Waals surface area contributed by atoms with E-state index in [0.29, 0.717) is 44.5 Å². The van der Waals surface area contributed by atoms with Crippen LogP contribution in [0.4, 0.5) is 5.82 Å². The van der Waals surface area contributed by atoms with Crippen LogP contribution in [0.2, 0.25) is 10.0 Å². The number of ether oxygens (including phenoxy) is 1. The third kappa shape index (κ3) is 3.71. The van der Waals surface area contributed by atoms with Gasteiger partial charge in [0.05, 0.1) is 23.6 Å². The van der Waals surface area contributed by atoms with E-state index in [9.17, 15) is 0 Å². The van der Waals surface area contributed by atoms with Crippen LogP contribution in [-0.2, 0) is 11.3 Å². The molecule has 5 aromatic rings. The minimum absolute atomic E-state index is 0.300. The van der Waals surface area contributed by atoms with Crippen molar-refractivity contribution >= 4 is 46.0 Å². The van der Waals surface area contributed by atoms with E-state index in [-0.39, 0.29) is 0 Å². The Bertz CT molecular complexity index is 1410. The number of aromatic nitrogens is 5. The lowest BCUT2D eigenvalue weighted by molar-refractivity contribution is 0.181. The zero-order valence-corrected chi connectivity index (χ0v) is 19.1. The molecular weight excluding hydrogens is 467 g/mol. The van der Waals surface area contributed by atoms with Crippen LogP contribution in [0, 0.1) is 0 Å². The van der Waals surface area contributed by atoms with E-state index in [0.717, 1.165) is 22.4 Å². The number of methoxy groups -OCH3 is 1. The van der Waals surface area contributed by atoms with Crippen molar-refractivity contribution in [2.75, 3.05) is 12.8 Å². The van der Waals surface area contributed by atoms with Gasteiger partial charge >= 0.3 is 0 Å². The third-order valence-electron chi connectivity index (χ3n) is 4.91. The number of nitrogen functional groups attached to an aromatic ring is 1. The molecule has 0 atom stereocenters. The minimum atomic E-state index is 0.300. The molecule has 10 heteroatoms. The van der Waals surface area contributed by atoms with Crippen LogP contribution in [-0.4, -0.2) is 31.9 Å². The highest BCUT2D eigenvalue weighted by molar-refractivity contribution is 7.13. The van der Waals surface area contributed by atoms with Crippen molar-refractivity contribution in [2.45, 2.75) is 6.61 Å². The van der Waals surface area contributed by atoms with Crippen LogP contribution in [0.3, 0.4) is 0 Å². The number of benzene rings is 2. The Morgan fingerprint density at radius 3 is 2.28 bits per heavy atom. The first-order chi connectivity index (χ1) is 15.5. The van der Waals surface area contributed by atoms with Crippen LogP contribution in [0.1, 0.15) is 5.69 Å². The van der Waals surface area contributed by atoms with Crippen molar-refractivity contribution < 1.29 is 4.74 Å². The highest BCUT2D eigenvalue weighted by Crippen LogP contribution is 2.34. The maximum Gasteiger partial charge on any atom is 0.187 e. The summed E-state index contributed by atoms with van der Waals surface area (Å²) >= 11 is 13.5. The molecule has 0 amide bonds. The summed E-state index contributed by atoms with van der Waals surface area (Å²) in [5, 5.41) is 17.4. The predicted molar refractivity (Wildman–Crippen MR) is 128 cm³/mol. The molecule has 0 aliphatic heterocycles. The smallest absolute Gasteiger partial charge is 0.187 e. The van der Waals surface area contributed by atoms with Crippen molar-refractivity contribution in [1.82, 2.24) is 24.8 Å². The molecule has 32 heavy (non-hydrogen) atoms. The molecule has 2 N–H and O–H groups in total. The molecule has 2 aromatic carbocycles. The number of halogens is 2. The summed E-state index contributed by atoms with van der Waals surface area (Å²) in [4.78, 5) is 4.69. The summed E-state index contributed by atoms with van der Waals surface area (Å²) in [7, 11) is 1.62. The third-order valence-corrected chi connectivity index (χ3v) is 6.26. The average molecular weight is 483 g/mol. The zero-order valence-electron chi connectivity index (χ0n) is 16.8. The summed E-state index contributed by atoms with van der Waals surface area (Å²) < 4.78 is 6.94. The Morgan fingerprint density at radius 1 is 0.969 bits per heavy atom. The van der Waals surface area contributed by atoms with Gasteiger partial charge in [0, 0.05) is 28.1 Å². The Labute approximate surface area is 197 Å². The minimum Gasteiger partial charge on any atom is -0.382 e. The number of anilines is 1. The number of hydrogen-bond acceptors (Lipinski definition) is 7. The van der Waals surface area contributed by atoms with E-state index in [2.05, 4.69) is 15.3 Å². The van der Waals surface area contributed by atoms with Gasteiger partial charge < -0.3 is 10.5 Å². The van der Waals surface area contributed by atoms with Gasteiger partial charge in [-0.3, -0.25) is 0 Å². The molecular formula is C22H16Cl2N6OS. The molecule has 0 saturated heterocycles. The van der Waals surface area contributed by atoms with Crippen molar-refractivity contribution in [1.29, 1.82) is 0 Å². The second kappa shape index (κ2) is 8.48. The molecule has 160 valence electrons. The van der Waals surface area contributed by atoms with Gasteiger partial charge in [-0.1, -0.05) is 47.5 Å². The van der Waals surface area contributed by atoms with Crippen LogP contribution >= 0.6 is 34.5 Å². The molecule has 0 spiro atoms. The van der Waals surface area contributed by atoms with Gasteiger partial charge in [-0.15, -0.1) is 21.5 Å². The Morgan fingerprint density at radius 2 is 1.62 bits per heavy atom. The van der Waals surface area contributed by atoms with E-state index in [1.807, 2.05) is 53.9 Å². The lowest BCUT2D eigenvalue weighted by atomic mass is 10.1. The maximum absolute atomic E-state index is 6.48. The van der Waals surface area contributed by atoms with Crippen LogP contribution in [0.25, 0.3) is 38.7 Å². The molecule has 0 aliphatic carbocycles. The molecule has 3 aromatic heterocycles. The summed E-state index contributed by atoms with van der Waals surface area (Å²) in [5.41, 5.74) is 11.7. The number of nitrogens with zero attached hydrogens (tertiary/aromatic N) is 5. The molecule has 0 saturated carbocycles. The van der Waals surface area contributed by atoms with Crippen LogP contribution in [0.15, 0.2) is 53.9 Å². The van der Waals surface area contributed by atoms with Crippen molar-refractivity contribution in [3.8, 4) is 33.1 Å². The number of hydrogen-bond donors (Lipinski definition) is 1. The normalized spacial score (nSPS) is 11.3. The Balaban J connectivity index is 1.62. The topological polar surface area (TPSA) is 91.2 Å². The lowest BCUT2D eigenvalue weighted by Crippen LogP contribution is -2.05. The maximum atomic E-state index is 6.48. The number of nitrogens with two attached hydrogens (primary N) is 1. The standard InChI is InChI=1S/C22H16Cl2N6OS/c1-31-10-16-18(13-4-8-15(24)9-5-13)21-28-27-19(20(25)30(21)29-16)22-26-17(11-32-22)12-2-6-14(23)7-3-12/h2-9,11H,10,25H2,1H3. The molecule has 0 bridgehead atoms. The molecule has 0 aliphatic rings. The van der Waals surface area contributed by atoms with E-state index in [1.165, 1.54) is 11.3 Å². The molecule has 5 rings (SSSR count). The number of thiazole rings is 1. The second-order valence-corrected chi connectivity index (χ2v) is 8.71. The van der Waals surface area contributed by atoms with E-state index in [4.69, 9.17) is 38.7 Å². The Kier molecular flexibility index (Phi) is 5.52. The summed E-state index contributed by atoms with van der Waals surface area (Å²) in [6.45, 7) is 0.300. The van der Waals surface area contributed by atoms with Gasteiger partial charge in [0.2, 0.25) is 0 Å². The van der Waals surface area contributed by atoms with E-state index >= 15 is 0 Å². The van der Waals surface area contributed by atoms with Gasteiger partial charge in [0.25, 0.3) is 0 Å². The fraction of sp³-hybridized carbons (Fsp3) is 0.0909. The second-order valence-electron chi connectivity index (χ2n) is 6.98. The van der Waals surface area contributed by atoms with Crippen LogP contribution < -0.4 is 5.73 Å². The molecule has 0 fully saturated rings. The highest BCUT2D eigenvalue weighted by atomic mass is 35.5. The Hall–Kier alpha value is -3.04. The zero-order chi connectivity index (χ0) is 22.2. The van der Waals surface area contributed by atoms with Gasteiger partial charge in [-0.2, -0.15) is 9.61 Å². The summed E-state index contributed by atoms with van der Waals surface area (Å²) in [5.74, 6) is 0.351. The molecule has 0 unspecified atom stereocenters. The molecule has 3 heterocycles. The SMILES string of the molecule is COCc1nn2c(N)c(-c3nc(-c4ccc(Cl)cc4)cs3)nnc2c1-c1ccc(Cl)cc1. The summed E-state index contributed by atoms with van der Waals surface area (Å²) in [6, 6.07) is 14.9. The first-order valence-electron chi connectivity index (χ1n) is 9.55. The van der Waals surface area contributed by atoms with E-state index in [1.54, 1.807) is 11.6 Å². The fourth-order valence-corrected chi connectivity index (χ4v) is 4.47. The predicted octanol–water partition coefficient (Wildman–Crippen LogP) is 5.62. The molecule has 7 nitrogen and oxygen atoms in total. The monoisotopic (exact) mass is 482 g/mol. The summed E-state index contributed by atoms with van der Waals surface area (Å²) in [6.07, 6.45) is 0. The van der Waals surface area contributed by atoms with Gasteiger partial charge in [-0.25, -0.2) is 4.98 Å². The first-order valence-corrected chi connectivity index (χ1v) is 11.2. The van der Waals surface area contributed by atoms with Crippen molar-refractivity contribution in [2.24, 2.45) is 0 Å². The van der Waals surface area contributed by atoms with Gasteiger partial charge in [0.15, 0.2) is 17.2 Å². The van der Waals surface area contributed by atoms with Crippen molar-refractivity contribution in [3.05, 3.63) is 69.7 Å². The quantitative estimate of drug-likeness (QED) is 0.349. The molecule has 0 radical (unpaired) electrons. The van der Waals surface area contributed by atoms with Gasteiger partial charge in [-0.05, 0) is 29.8 Å². The fourth-order valence-electron chi connectivity index (χ4n) is 3.40. The number of fused-ring (bicyclic) bond motifs is 1. The lowest BCUT2D eigenvalue weighted by Gasteiger charge is -2.04. The first kappa shape index (κ1) is 20.8. The average Bonchev–Trinajstić information content (AvgIpc) is 3.41. The van der Waals surface area contributed by atoms with E-state index < -0.39 is 0 Å². The van der Waals surface area contributed by atoms with Crippen LogP contribution in [0.5, 0.6) is 0 Å². The largest absolute Gasteiger partial charge is 0.382 e. The highest BCUT2D eigenvalue weighted by Gasteiger charge is 2.21. The number of rotatable bonds is 5. The van der Waals surface area contributed by atoms with Gasteiger partial charge in [0.1, 0.15) is 5.01 Å².